The van der Waals surface area contributed by atoms with E-state index in [9.17, 15) is 19.7 Å². The predicted molar refractivity (Wildman–Crippen MR) is 112 cm³/mol. The first-order valence-electron chi connectivity index (χ1n) is 8.86. The third kappa shape index (κ3) is 6.70. The molecule has 0 fully saturated rings. The summed E-state index contributed by atoms with van der Waals surface area (Å²) in [7, 11) is 0. The number of nitro groups is 1. The second-order valence-electron chi connectivity index (χ2n) is 6.72. The third-order valence-corrected chi connectivity index (χ3v) is 4.87. The maximum atomic E-state index is 12.4. The van der Waals surface area contributed by atoms with Crippen molar-refractivity contribution in [3.8, 4) is 0 Å². The number of nitrogens with one attached hydrogen (secondary N) is 2. The Hall–Kier alpha value is -2.87. The Balaban J connectivity index is 1.89. The summed E-state index contributed by atoms with van der Waals surface area (Å²) in [6, 6.07) is 13.0. The van der Waals surface area contributed by atoms with Crippen LogP contribution in [0, 0.1) is 16.0 Å². The largest absolute Gasteiger partial charge is 0.326 e. The Morgan fingerprint density at radius 3 is 2.00 bits per heavy atom. The minimum Gasteiger partial charge on any atom is -0.326 e. The van der Waals surface area contributed by atoms with Crippen LogP contribution in [0.5, 0.6) is 0 Å². The van der Waals surface area contributed by atoms with E-state index < -0.39 is 4.92 Å². The molecule has 0 aliphatic heterocycles. The molecule has 8 heteroatoms. The van der Waals surface area contributed by atoms with E-state index in [4.69, 9.17) is 0 Å². The maximum absolute atomic E-state index is 12.4. The van der Waals surface area contributed by atoms with Gasteiger partial charge in [0.2, 0.25) is 11.8 Å². The smallest absolute Gasteiger partial charge is 0.269 e. The van der Waals surface area contributed by atoms with Crippen LogP contribution in [0.4, 0.5) is 17.1 Å². The minimum atomic E-state index is -0.459. The number of anilines is 2. The van der Waals surface area contributed by atoms with Crippen LogP contribution in [0.15, 0.2) is 53.4 Å². The Bertz CT molecular complexity index is 836. The molecule has 0 saturated heterocycles. The molecule has 2 N–H and O–H groups in total. The van der Waals surface area contributed by atoms with E-state index in [-0.39, 0.29) is 28.7 Å². The first-order valence-corrected chi connectivity index (χ1v) is 9.74. The fourth-order valence-electron chi connectivity index (χ4n) is 2.37. The normalized spacial score (nSPS) is 11.7. The maximum Gasteiger partial charge on any atom is 0.269 e. The van der Waals surface area contributed by atoms with Gasteiger partial charge in [-0.1, -0.05) is 13.8 Å². The molecule has 0 aliphatic carbocycles. The van der Waals surface area contributed by atoms with Crippen molar-refractivity contribution in [1.29, 1.82) is 0 Å². The van der Waals surface area contributed by atoms with Gasteiger partial charge in [-0.2, -0.15) is 0 Å². The molecule has 28 heavy (non-hydrogen) atoms. The van der Waals surface area contributed by atoms with Gasteiger partial charge >= 0.3 is 0 Å². The number of benzene rings is 2. The summed E-state index contributed by atoms with van der Waals surface area (Å²) >= 11 is 1.32. The molecular formula is C20H23N3O4S. The van der Waals surface area contributed by atoms with Gasteiger partial charge in [0.25, 0.3) is 5.69 Å². The van der Waals surface area contributed by atoms with Crippen molar-refractivity contribution in [3.05, 3.63) is 58.6 Å². The van der Waals surface area contributed by atoms with E-state index in [1.54, 1.807) is 43.3 Å². The zero-order valence-electron chi connectivity index (χ0n) is 16.0. The first kappa shape index (κ1) is 21.4. The van der Waals surface area contributed by atoms with Crippen LogP contribution in [0.1, 0.15) is 27.2 Å². The lowest BCUT2D eigenvalue weighted by atomic mass is 10.1. The van der Waals surface area contributed by atoms with E-state index >= 15 is 0 Å². The second kappa shape index (κ2) is 9.89. The molecule has 2 aromatic carbocycles. The molecule has 2 amide bonds. The number of nitrogens with zero attached hydrogens (tertiary/aromatic N) is 1. The highest BCUT2D eigenvalue weighted by molar-refractivity contribution is 8.00. The third-order valence-electron chi connectivity index (χ3n) is 3.76. The van der Waals surface area contributed by atoms with Crippen molar-refractivity contribution in [2.24, 2.45) is 5.92 Å². The molecule has 1 atom stereocenters. The van der Waals surface area contributed by atoms with Crippen LogP contribution in [0.2, 0.25) is 0 Å². The topological polar surface area (TPSA) is 101 Å². The van der Waals surface area contributed by atoms with Crippen LogP contribution in [0.3, 0.4) is 0 Å². The molecule has 0 saturated carbocycles. The van der Waals surface area contributed by atoms with E-state index in [1.807, 2.05) is 13.8 Å². The fourth-order valence-corrected chi connectivity index (χ4v) is 3.24. The average Bonchev–Trinajstić information content (AvgIpc) is 2.63. The molecule has 0 spiro atoms. The molecule has 2 rings (SSSR count). The summed E-state index contributed by atoms with van der Waals surface area (Å²) in [6.07, 6.45) is 0.454. The highest BCUT2D eigenvalue weighted by atomic mass is 32.2. The SMILES string of the molecule is CC(C)CC(=O)Nc1ccc(NC(=O)C(C)Sc2ccc([N+](=O)[O-])cc2)cc1. The van der Waals surface area contributed by atoms with Crippen molar-refractivity contribution < 1.29 is 14.5 Å². The van der Waals surface area contributed by atoms with Crippen molar-refractivity contribution in [2.75, 3.05) is 10.6 Å². The highest BCUT2D eigenvalue weighted by Crippen LogP contribution is 2.26. The lowest BCUT2D eigenvalue weighted by Gasteiger charge is -2.13. The molecule has 1 unspecified atom stereocenters. The van der Waals surface area contributed by atoms with Gasteiger partial charge in [0.15, 0.2) is 0 Å². The molecule has 148 valence electrons. The molecule has 0 radical (unpaired) electrons. The molecule has 0 heterocycles. The Kier molecular flexibility index (Phi) is 7.57. The highest BCUT2D eigenvalue weighted by Gasteiger charge is 2.15. The lowest BCUT2D eigenvalue weighted by molar-refractivity contribution is -0.384. The summed E-state index contributed by atoms with van der Waals surface area (Å²) in [5, 5.41) is 15.9. The van der Waals surface area contributed by atoms with Gasteiger partial charge in [0, 0.05) is 34.8 Å². The first-order chi connectivity index (χ1) is 13.2. The summed E-state index contributed by atoms with van der Waals surface area (Å²) in [4.78, 5) is 35.2. The van der Waals surface area contributed by atoms with E-state index in [0.717, 1.165) is 4.90 Å². The van der Waals surface area contributed by atoms with Crippen molar-refractivity contribution in [2.45, 2.75) is 37.3 Å². The van der Waals surface area contributed by atoms with Crippen LogP contribution in [0.25, 0.3) is 0 Å². The number of nitro benzene ring substituents is 1. The number of carbonyl (C=O) groups is 2. The van der Waals surface area contributed by atoms with E-state index in [2.05, 4.69) is 10.6 Å². The van der Waals surface area contributed by atoms with Gasteiger partial charge in [-0.25, -0.2) is 0 Å². The van der Waals surface area contributed by atoms with Crippen LogP contribution in [-0.4, -0.2) is 22.0 Å². The number of thioether (sulfide) groups is 1. The number of hydrogen-bond donors (Lipinski definition) is 2. The molecule has 7 nitrogen and oxygen atoms in total. The van der Waals surface area contributed by atoms with Gasteiger partial charge in [0.1, 0.15) is 0 Å². The predicted octanol–water partition coefficient (Wildman–Crippen LogP) is 4.70. The molecule has 0 bridgehead atoms. The molecule has 0 aliphatic rings. The number of hydrogen-bond acceptors (Lipinski definition) is 5. The lowest BCUT2D eigenvalue weighted by Crippen LogP contribution is -2.22. The summed E-state index contributed by atoms with van der Waals surface area (Å²) in [6.45, 7) is 5.73. The Morgan fingerprint density at radius 2 is 1.50 bits per heavy atom. The van der Waals surface area contributed by atoms with Crippen LogP contribution in [-0.2, 0) is 9.59 Å². The van der Waals surface area contributed by atoms with Crippen molar-refractivity contribution in [1.82, 2.24) is 0 Å². The number of carbonyl (C=O) groups excluding carboxylic acids is 2. The molecular weight excluding hydrogens is 378 g/mol. The summed E-state index contributed by atoms with van der Waals surface area (Å²) in [5.74, 6) is 0.0631. The quantitative estimate of drug-likeness (QED) is 0.379. The Morgan fingerprint density at radius 1 is 0.964 bits per heavy atom. The minimum absolute atomic E-state index is 0.0158. The van der Waals surface area contributed by atoms with Crippen LogP contribution >= 0.6 is 11.8 Å². The van der Waals surface area contributed by atoms with Gasteiger partial charge in [-0.3, -0.25) is 19.7 Å². The summed E-state index contributed by atoms with van der Waals surface area (Å²) < 4.78 is 0. The fraction of sp³-hybridized carbons (Fsp3) is 0.300. The van der Waals surface area contributed by atoms with Crippen LogP contribution < -0.4 is 10.6 Å². The number of non-ortho nitro benzene ring substituents is 1. The monoisotopic (exact) mass is 401 g/mol. The molecule has 0 aromatic heterocycles. The average molecular weight is 401 g/mol. The second-order valence-corrected chi connectivity index (χ2v) is 8.14. The van der Waals surface area contributed by atoms with Crippen molar-refractivity contribution in [3.63, 3.8) is 0 Å². The summed E-state index contributed by atoms with van der Waals surface area (Å²) in [5.41, 5.74) is 1.32. The van der Waals surface area contributed by atoms with Crippen molar-refractivity contribution >= 4 is 40.6 Å². The van der Waals surface area contributed by atoms with Gasteiger partial charge in [-0.15, -0.1) is 11.8 Å². The Labute approximate surface area is 168 Å². The standard InChI is InChI=1S/C20H23N3O4S/c1-13(2)12-19(24)21-15-4-6-16(7-5-15)22-20(25)14(3)28-18-10-8-17(9-11-18)23(26)27/h4-11,13-14H,12H2,1-3H3,(H,21,24)(H,22,25). The number of rotatable bonds is 8. The van der Waals surface area contributed by atoms with E-state index in [0.29, 0.717) is 17.8 Å². The zero-order valence-corrected chi connectivity index (χ0v) is 16.8. The van der Waals surface area contributed by atoms with Gasteiger partial charge < -0.3 is 10.6 Å². The van der Waals surface area contributed by atoms with E-state index in [1.165, 1.54) is 23.9 Å². The van der Waals surface area contributed by atoms with Gasteiger partial charge in [0.05, 0.1) is 10.2 Å². The molecule has 2 aromatic rings. The van der Waals surface area contributed by atoms with Gasteiger partial charge in [-0.05, 0) is 49.2 Å². The zero-order chi connectivity index (χ0) is 20.7. The number of amides is 2.